The van der Waals surface area contributed by atoms with Crippen molar-refractivity contribution in [3.63, 3.8) is 0 Å². The van der Waals surface area contributed by atoms with Gasteiger partial charge in [-0.25, -0.2) is 0 Å². The second kappa shape index (κ2) is 9.93. The van der Waals surface area contributed by atoms with Gasteiger partial charge in [-0.3, -0.25) is 4.79 Å². The van der Waals surface area contributed by atoms with Gasteiger partial charge in [0.2, 0.25) is 0 Å². The molecule has 1 aromatic carbocycles. The van der Waals surface area contributed by atoms with Gasteiger partial charge >= 0.3 is 0 Å². The molecule has 206 valence electrons. The van der Waals surface area contributed by atoms with Crippen molar-refractivity contribution in [2.45, 2.75) is 96.6 Å². The standard InChI is InChI=1S/C33H46N2O3/c1-4-38-20-33(37)15-12-25-24(18-33)6-8-28-27(25)11-14-32(3)29(9-10-30(28)32)21(2)35-16-13-23-17-22(19-34)5-7-26(23)31(35)36/h5,7,17,21,24-25,27-30,37H,4,6,8-16,18,20H2,1-3H3/t21-,24-,25+,27-,28-,29-,30+,32-,33-/m1/s1. The molecule has 1 N–H and O–H groups in total. The minimum Gasteiger partial charge on any atom is -0.387 e. The molecule has 6 rings (SSSR count). The van der Waals surface area contributed by atoms with Gasteiger partial charge in [-0.1, -0.05) is 6.92 Å². The molecule has 5 aliphatic rings. The van der Waals surface area contributed by atoms with Gasteiger partial charge in [-0.15, -0.1) is 0 Å². The first-order valence-electron chi connectivity index (χ1n) is 15.4. The average Bonchev–Trinajstić information content (AvgIpc) is 3.28. The summed E-state index contributed by atoms with van der Waals surface area (Å²) in [5, 5.41) is 20.5. The van der Waals surface area contributed by atoms with E-state index in [9.17, 15) is 15.2 Å². The maximum atomic E-state index is 13.6. The summed E-state index contributed by atoms with van der Waals surface area (Å²) in [6.07, 6.45) is 11.5. The highest BCUT2D eigenvalue weighted by atomic mass is 16.5. The Bertz CT molecular complexity index is 1110. The minimum atomic E-state index is -0.614. The van der Waals surface area contributed by atoms with Gasteiger partial charge in [0.25, 0.3) is 5.91 Å². The normalized spacial score (nSPS) is 40.9. The Morgan fingerprint density at radius 2 is 1.95 bits per heavy atom. The van der Waals surface area contributed by atoms with Crippen molar-refractivity contribution in [3.8, 4) is 6.07 Å². The molecule has 0 bridgehead atoms. The molecule has 4 fully saturated rings. The van der Waals surface area contributed by atoms with Crippen LogP contribution in [0.5, 0.6) is 0 Å². The lowest BCUT2D eigenvalue weighted by atomic mass is 9.48. The molecular weight excluding hydrogens is 472 g/mol. The van der Waals surface area contributed by atoms with Gasteiger partial charge in [-0.05, 0) is 143 Å². The zero-order valence-corrected chi connectivity index (χ0v) is 23.6. The van der Waals surface area contributed by atoms with Crippen LogP contribution in [0.1, 0.15) is 100 Å². The van der Waals surface area contributed by atoms with E-state index in [2.05, 4.69) is 24.8 Å². The number of benzene rings is 1. The Labute approximate surface area is 228 Å². The highest BCUT2D eigenvalue weighted by Gasteiger charge is 2.59. The lowest BCUT2D eigenvalue weighted by Crippen LogP contribution is -2.54. The SMILES string of the molecule is CCOC[C@@]1(O)CC[C@H]2[C@H](CC[C@@H]3[C@@H]2CC[C@]2(C)[C@@H]([C@@H](C)N4CCc5cc(C#N)ccc5C4=O)CC[C@@H]32)C1. The molecule has 9 atom stereocenters. The molecule has 1 amide bonds. The molecule has 4 saturated carbocycles. The van der Waals surface area contributed by atoms with E-state index < -0.39 is 5.60 Å². The maximum absolute atomic E-state index is 13.6. The number of aliphatic hydroxyl groups is 1. The van der Waals surface area contributed by atoms with Gasteiger partial charge in [-0.2, -0.15) is 5.26 Å². The highest BCUT2D eigenvalue weighted by molar-refractivity contribution is 5.97. The van der Waals surface area contributed by atoms with Crippen LogP contribution in [0.2, 0.25) is 0 Å². The van der Waals surface area contributed by atoms with Crippen LogP contribution < -0.4 is 0 Å². The topological polar surface area (TPSA) is 73.6 Å². The van der Waals surface area contributed by atoms with Crippen molar-refractivity contribution >= 4 is 5.91 Å². The number of carbonyl (C=O) groups excluding carboxylic acids is 1. The van der Waals surface area contributed by atoms with Crippen molar-refractivity contribution in [1.29, 1.82) is 5.26 Å². The molecule has 0 unspecified atom stereocenters. The van der Waals surface area contributed by atoms with Crippen LogP contribution in [0.15, 0.2) is 18.2 Å². The van der Waals surface area contributed by atoms with Crippen molar-refractivity contribution < 1.29 is 14.6 Å². The first-order valence-corrected chi connectivity index (χ1v) is 15.4. The number of ether oxygens (including phenoxy) is 1. The minimum absolute atomic E-state index is 0.159. The average molecular weight is 519 g/mol. The second-order valence-corrected chi connectivity index (χ2v) is 13.7. The molecule has 5 heteroatoms. The largest absolute Gasteiger partial charge is 0.387 e. The van der Waals surface area contributed by atoms with Crippen molar-refractivity contribution in [1.82, 2.24) is 4.90 Å². The third-order valence-electron chi connectivity index (χ3n) is 12.2. The fourth-order valence-corrected chi connectivity index (χ4v) is 10.4. The van der Waals surface area contributed by atoms with E-state index >= 15 is 0 Å². The Kier molecular flexibility index (Phi) is 6.88. The predicted octanol–water partition coefficient (Wildman–Crippen LogP) is 5.98. The Morgan fingerprint density at radius 3 is 2.74 bits per heavy atom. The maximum Gasteiger partial charge on any atom is 0.254 e. The lowest BCUT2D eigenvalue weighted by Gasteiger charge is -2.58. The van der Waals surface area contributed by atoms with E-state index in [0.29, 0.717) is 36.0 Å². The third-order valence-corrected chi connectivity index (χ3v) is 12.2. The Balaban J connectivity index is 1.16. The number of nitriles is 1. The molecule has 0 aromatic heterocycles. The zero-order valence-electron chi connectivity index (χ0n) is 23.6. The third kappa shape index (κ3) is 4.22. The fraction of sp³-hybridized carbons (Fsp3) is 0.758. The molecule has 0 radical (unpaired) electrons. The number of amides is 1. The summed E-state index contributed by atoms with van der Waals surface area (Å²) in [4.78, 5) is 15.8. The van der Waals surface area contributed by atoms with Crippen LogP contribution in [-0.4, -0.2) is 47.3 Å². The van der Waals surface area contributed by atoms with Gasteiger partial charge < -0.3 is 14.7 Å². The predicted molar refractivity (Wildman–Crippen MR) is 147 cm³/mol. The van der Waals surface area contributed by atoms with E-state index in [1.165, 1.54) is 38.5 Å². The van der Waals surface area contributed by atoms with Gasteiger partial charge in [0.05, 0.1) is 23.8 Å². The summed E-state index contributed by atoms with van der Waals surface area (Å²) >= 11 is 0. The zero-order chi connectivity index (χ0) is 26.7. The monoisotopic (exact) mass is 518 g/mol. The number of hydrogen-bond acceptors (Lipinski definition) is 4. The Morgan fingerprint density at radius 1 is 1.13 bits per heavy atom. The number of hydrogen-bond donors (Lipinski definition) is 1. The quantitative estimate of drug-likeness (QED) is 0.520. The molecule has 0 spiro atoms. The summed E-state index contributed by atoms with van der Waals surface area (Å²) < 4.78 is 5.66. The van der Waals surface area contributed by atoms with Crippen molar-refractivity contribution in [2.75, 3.05) is 19.8 Å². The van der Waals surface area contributed by atoms with Crippen LogP contribution >= 0.6 is 0 Å². The summed E-state index contributed by atoms with van der Waals surface area (Å²) in [6, 6.07) is 8.03. The van der Waals surface area contributed by atoms with Crippen LogP contribution in [0.3, 0.4) is 0 Å². The molecule has 38 heavy (non-hydrogen) atoms. The smallest absolute Gasteiger partial charge is 0.254 e. The molecule has 1 aliphatic heterocycles. The van der Waals surface area contributed by atoms with E-state index in [-0.39, 0.29) is 11.9 Å². The summed E-state index contributed by atoms with van der Waals surface area (Å²) in [5.74, 6) is 4.54. The molecule has 4 aliphatic carbocycles. The van der Waals surface area contributed by atoms with Crippen LogP contribution in [-0.2, 0) is 11.2 Å². The number of rotatable bonds is 5. The summed E-state index contributed by atoms with van der Waals surface area (Å²) in [7, 11) is 0. The Hall–Kier alpha value is -1.90. The van der Waals surface area contributed by atoms with Crippen molar-refractivity contribution in [3.05, 3.63) is 34.9 Å². The number of nitrogens with zero attached hydrogens (tertiary/aromatic N) is 2. The molecule has 0 saturated heterocycles. The summed E-state index contributed by atoms with van der Waals surface area (Å²) in [5.41, 5.74) is 2.17. The molecule has 1 aromatic rings. The van der Waals surface area contributed by atoms with Crippen LogP contribution in [0.25, 0.3) is 0 Å². The van der Waals surface area contributed by atoms with Crippen LogP contribution in [0.4, 0.5) is 0 Å². The first kappa shape index (κ1) is 26.3. The van der Waals surface area contributed by atoms with Crippen LogP contribution in [0, 0.1) is 52.3 Å². The second-order valence-electron chi connectivity index (χ2n) is 13.7. The molecule has 5 nitrogen and oxygen atoms in total. The van der Waals surface area contributed by atoms with Crippen molar-refractivity contribution in [2.24, 2.45) is 40.9 Å². The summed E-state index contributed by atoms with van der Waals surface area (Å²) in [6.45, 7) is 8.84. The van der Waals surface area contributed by atoms with E-state index in [1.807, 2.05) is 19.1 Å². The fourth-order valence-electron chi connectivity index (χ4n) is 10.4. The van der Waals surface area contributed by atoms with Gasteiger partial charge in [0, 0.05) is 24.8 Å². The van der Waals surface area contributed by atoms with Gasteiger partial charge in [0.1, 0.15) is 0 Å². The van der Waals surface area contributed by atoms with E-state index in [4.69, 9.17) is 4.74 Å². The van der Waals surface area contributed by atoms with E-state index in [1.54, 1.807) is 6.07 Å². The first-order chi connectivity index (χ1) is 18.3. The van der Waals surface area contributed by atoms with E-state index in [0.717, 1.165) is 67.0 Å². The number of carbonyl (C=O) groups is 1. The molecular formula is C33H46N2O3. The number of fused-ring (bicyclic) bond motifs is 6. The lowest BCUT2D eigenvalue weighted by molar-refractivity contribution is -0.129. The van der Waals surface area contributed by atoms with Gasteiger partial charge in [0.15, 0.2) is 0 Å². The molecule has 1 heterocycles. The highest BCUT2D eigenvalue weighted by Crippen LogP contribution is 2.65.